The van der Waals surface area contributed by atoms with Crippen LogP contribution >= 0.6 is 31.9 Å². The second-order valence-electron chi connectivity index (χ2n) is 2.73. The molecule has 15 heavy (non-hydrogen) atoms. The highest BCUT2D eigenvalue weighted by molar-refractivity contribution is 9.10. The third kappa shape index (κ3) is 2.66. The molecule has 0 saturated carbocycles. The molecule has 0 bridgehead atoms. The zero-order valence-corrected chi connectivity index (χ0v) is 10.8. The molecule has 0 radical (unpaired) electrons. The van der Waals surface area contributed by atoms with Crippen molar-refractivity contribution >= 4 is 31.9 Å². The molecule has 0 heterocycles. The Kier molecular flexibility index (Phi) is 4.06. The average Bonchev–Trinajstić information content (AvgIpc) is 2.15. The Balaban J connectivity index is 3.48. The molecule has 0 saturated heterocycles. The SMILES string of the molecule is COc1ccc(Br)c(CBr)c1C(F)(F)F. The van der Waals surface area contributed by atoms with Crippen molar-refractivity contribution in [2.75, 3.05) is 7.11 Å². The van der Waals surface area contributed by atoms with Crippen LogP contribution in [0.5, 0.6) is 5.75 Å². The Bertz CT molecular complexity index is 363. The summed E-state index contributed by atoms with van der Waals surface area (Å²) in [5, 5.41) is 0.111. The van der Waals surface area contributed by atoms with Gasteiger partial charge in [-0.25, -0.2) is 0 Å². The van der Waals surface area contributed by atoms with Crippen LogP contribution in [0.1, 0.15) is 11.1 Å². The van der Waals surface area contributed by atoms with Gasteiger partial charge in [-0.15, -0.1) is 0 Å². The van der Waals surface area contributed by atoms with E-state index in [2.05, 4.69) is 31.9 Å². The number of halogens is 5. The predicted molar refractivity (Wildman–Crippen MR) is 58.3 cm³/mol. The van der Waals surface area contributed by atoms with Crippen molar-refractivity contribution in [2.45, 2.75) is 11.5 Å². The van der Waals surface area contributed by atoms with Crippen molar-refractivity contribution < 1.29 is 17.9 Å². The fourth-order valence-corrected chi connectivity index (χ4v) is 2.64. The minimum atomic E-state index is -4.42. The fraction of sp³-hybridized carbons (Fsp3) is 0.333. The molecule has 84 valence electrons. The van der Waals surface area contributed by atoms with Crippen molar-refractivity contribution in [1.29, 1.82) is 0 Å². The summed E-state index contributed by atoms with van der Waals surface area (Å²) in [4.78, 5) is 0. The van der Waals surface area contributed by atoms with Gasteiger partial charge in [0.25, 0.3) is 0 Å². The average molecular weight is 348 g/mol. The Morgan fingerprint density at radius 3 is 2.33 bits per heavy atom. The maximum atomic E-state index is 12.7. The lowest BCUT2D eigenvalue weighted by atomic mass is 10.1. The first-order valence-electron chi connectivity index (χ1n) is 3.90. The van der Waals surface area contributed by atoms with E-state index in [-0.39, 0.29) is 16.6 Å². The number of alkyl halides is 4. The molecule has 0 aliphatic heterocycles. The van der Waals surface area contributed by atoms with E-state index in [0.717, 1.165) is 0 Å². The summed E-state index contributed by atoms with van der Waals surface area (Å²) in [7, 11) is 1.22. The Morgan fingerprint density at radius 2 is 1.93 bits per heavy atom. The van der Waals surface area contributed by atoms with Gasteiger partial charge in [0.1, 0.15) is 11.3 Å². The van der Waals surface area contributed by atoms with Crippen LogP contribution in [0, 0.1) is 0 Å². The second kappa shape index (κ2) is 4.74. The summed E-state index contributed by atoms with van der Waals surface area (Å²) in [5.74, 6) is -0.167. The standard InChI is InChI=1S/C9H7Br2F3O/c1-15-7-3-2-6(11)5(4-10)8(7)9(12,13)14/h2-3H,4H2,1H3. The third-order valence-electron chi connectivity index (χ3n) is 1.85. The lowest BCUT2D eigenvalue weighted by molar-refractivity contribution is -0.139. The largest absolute Gasteiger partial charge is 0.496 e. The van der Waals surface area contributed by atoms with Crippen molar-refractivity contribution in [2.24, 2.45) is 0 Å². The van der Waals surface area contributed by atoms with Crippen LogP contribution in [0.2, 0.25) is 0 Å². The summed E-state index contributed by atoms with van der Waals surface area (Å²) in [5.41, 5.74) is -0.599. The molecule has 1 aromatic rings. The summed E-state index contributed by atoms with van der Waals surface area (Å²) in [6.07, 6.45) is -4.42. The molecule has 0 fully saturated rings. The van der Waals surface area contributed by atoms with E-state index in [1.165, 1.54) is 19.2 Å². The van der Waals surface area contributed by atoms with E-state index in [0.29, 0.717) is 4.47 Å². The third-order valence-corrected chi connectivity index (χ3v) is 3.16. The van der Waals surface area contributed by atoms with Gasteiger partial charge < -0.3 is 4.74 Å². The summed E-state index contributed by atoms with van der Waals surface area (Å²) >= 11 is 6.11. The maximum Gasteiger partial charge on any atom is 0.420 e. The van der Waals surface area contributed by atoms with Crippen LogP contribution in [0.25, 0.3) is 0 Å². The van der Waals surface area contributed by atoms with Crippen molar-refractivity contribution in [3.05, 3.63) is 27.7 Å². The lowest BCUT2D eigenvalue weighted by Crippen LogP contribution is -2.11. The fourth-order valence-electron chi connectivity index (χ4n) is 1.21. The lowest BCUT2D eigenvalue weighted by Gasteiger charge is -2.16. The van der Waals surface area contributed by atoms with Crippen LogP contribution in [0.4, 0.5) is 13.2 Å². The van der Waals surface area contributed by atoms with E-state index < -0.39 is 11.7 Å². The molecule has 1 nitrogen and oxygen atoms in total. The zero-order valence-electron chi connectivity index (χ0n) is 7.66. The van der Waals surface area contributed by atoms with Crippen LogP contribution in [-0.2, 0) is 11.5 Å². The number of hydrogen-bond acceptors (Lipinski definition) is 1. The first kappa shape index (κ1) is 12.8. The van der Waals surface area contributed by atoms with E-state index in [4.69, 9.17) is 4.74 Å². The first-order valence-corrected chi connectivity index (χ1v) is 5.81. The van der Waals surface area contributed by atoms with Crippen LogP contribution in [0.15, 0.2) is 16.6 Å². The predicted octanol–water partition coefficient (Wildman–Crippen LogP) is 4.37. The van der Waals surface area contributed by atoms with E-state index >= 15 is 0 Å². The number of methoxy groups -OCH3 is 1. The Labute approximate surface area is 102 Å². The topological polar surface area (TPSA) is 9.23 Å². The van der Waals surface area contributed by atoms with E-state index in [1.54, 1.807) is 0 Å². The molecule has 1 aromatic carbocycles. The van der Waals surface area contributed by atoms with Gasteiger partial charge in [0.05, 0.1) is 7.11 Å². The summed E-state index contributed by atoms with van der Waals surface area (Å²) in [6, 6.07) is 2.82. The van der Waals surface area contributed by atoms with Gasteiger partial charge in [0.15, 0.2) is 0 Å². The minimum absolute atomic E-state index is 0.111. The molecule has 0 aliphatic rings. The van der Waals surface area contributed by atoms with E-state index in [9.17, 15) is 13.2 Å². The first-order chi connectivity index (χ1) is 6.91. The van der Waals surface area contributed by atoms with E-state index in [1.807, 2.05) is 0 Å². The highest BCUT2D eigenvalue weighted by atomic mass is 79.9. The number of benzene rings is 1. The number of hydrogen-bond donors (Lipinski definition) is 0. The normalized spacial score (nSPS) is 11.6. The van der Waals surface area contributed by atoms with Gasteiger partial charge in [-0.1, -0.05) is 31.9 Å². The molecular weight excluding hydrogens is 341 g/mol. The molecular formula is C9H7Br2F3O. The molecule has 6 heteroatoms. The Morgan fingerprint density at radius 1 is 1.33 bits per heavy atom. The monoisotopic (exact) mass is 346 g/mol. The Hall–Kier alpha value is -0.230. The molecule has 0 unspecified atom stereocenters. The van der Waals surface area contributed by atoms with Gasteiger partial charge in [-0.2, -0.15) is 13.2 Å². The van der Waals surface area contributed by atoms with Crippen molar-refractivity contribution in [1.82, 2.24) is 0 Å². The van der Waals surface area contributed by atoms with Gasteiger partial charge >= 0.3 is 6.18 Å². The molecule has 0 aromatic heterocycles. The molecule has 0 atom stereocenters. The molecule has 0 aliphatic carbocycles. The quantitative estimate of drug-likeness (QED) is 0.722. The van der Waals surface area contributed by atoms with Crippen LogP contribution in [0.3, 0.4) is 0 Å². The van der Waals surface area contributed by atoms with Crippen molar-refractivity contribution in [3.8, 4) is 5.75 Å². The number of ether oxygens (including phenoxy) is 1. The second-order valence-corrected chi connectivity index (χ2v) is 4.15. The van der Waals surface area contributed by atoms with Gasteiger partial charge in [-0.05, 0) is 17.7 Å². The van der Waals surface area contributed by atoms with Crippen LogP contribution < -0.4 is 4.74 Å². The summed E-state index contributed by atoms with van der Waals surface area (Å²) < 4.78 is 43.3. The maximum absolute atomic E-state index is 12.7. The number of rotatable bonds is 2. The minimum Gasteiger partial charge on any atom is -0.496 e. The molecule has 0 amide bonds. The smallest absolute Gasteiger partial charge is 0.420 e. The molecule has 0 spiro atoms. The molecule has 0 N–H and O–H groups in total. The van der Waals surface area contributed by atoms with Crippen LogP contribution in [-0.4, -0.2) is 7.11 Å². The van der Waals surface area contributed by atoms with Gasteiger partial charge in [0, 0.05) is 9.80 Å². The summed E-state index contributed by atoms with van der Waals surface area (Å²) in [6.45, 7) is 0. The highest BCUT2D eigenvalue weighted by Gasteiger charge is 2.37. The van der Waals surface area contributed by atoms with Gasteiger partial charge in [0.2, 0.25) is 0 Å². The molecule has 1 rings (SSSR count). The van der Waals surface area contributed by atoms with Gasteiger partial charge in [-0.3, -0.25) is 0 Å². The zero-order chi connectivity index (χ0) is 11.6. The highest BCUT2D eigenvalue weighted by Crippen LogP contribution is 2.42. The van der Waals surface area contributed by atoms with Crippen molar-refractivity contribution in [3.63, 3.8) is 0 Å².